The van der Waals surface area contributed by atoms with E-state index in [2.05, 4.69) is 10.7 Å². The minimum absolute atomic E-state index is 0.147. The van der Waals surface area contributed by atoms with Gasteiger partial charge in [0.15, 0.2) is 0 Å². The Morgan fingerprint density at radius 2 is 1.67 bits per heavy atom. The molecular formula is C21H13F5O. The number of hydrogen-bond donors (Lipinski definition) is 0. The molecule has 0 spiro atoms. The van der Waals surface area contributed by atoms with E-state index in [1.807, 2.05) is 0 Å². The zero-order chi connectivity index (χ0) is 19.6. The number of fused-ring (bicyclic) bond motifs is 1. The van der Waals surface area contributed by atoms with E-state index in [-0.39, 0.29) is 5.56 Å². The van der Waals surface area contributed by atoms with Gasteiger partial charge < -0.3 is 4.74 Å². The highest BCUT2D eigenvalue weighted by Gasteiger charge is 2.29. The standard InChI is InChI=1S/C21H13F5O/c1-2-13-10-18(22)20(19(23)11-13)16-6-7-17-14(4-3-5-15(17)12-16)8-9-27-21(24,25)26/h3-7,10-12H,2H2,1H3. The van der Waals surface area contributed by atoms with Gasteiger partial charge in [-0.3, -0.25) is 0 Å². The Bertz CT molecular complexity index is 1030. The van der Waals surface area contributed by atoms with Crippen LogP contribution in [0.1, 0.15) is 18.1 Å². The molecule has 0 heterocycles. The molecule has 0 atom stereocenters. The fraction of sp³-hybridized carbons (Fsp3) is 0.143. The summed E-state index contributed by atoms with van der Waals surface area (Å²) < 4.78 is 68.3. The summed E-state index contributed by atoms with van der Waals surface area (Å²) in [5.41, 5.74) is 1.05. The molecule has 138 valence electrons. The summed E-state index contributed by atoms with van der Waals surface area (Å²) in [4.78, 5) is 0. The van der Waals surface area contributed by atoms with Crippen LogP contribution in [0.25, 0.3) is 21.9 Å². The maximum atomic E-state index is 14.4. The molecule has 3 aromatic carbocycles. The lowest BCUT2D eigenvalue weighted by molar-refractivity contribution is -0.291. The second-order valence-corrected chi connectivity index (χ2v) is 5.80. The Hall–Kier alpha value is -3.07. The second kappa shape index (κ2) is 7.28. The Kier molecular flexibility index (Phi) is 5.04. The van der Waals surface area contributed by atoms with Crippen LogP contribution in [0.15, 0.2) is 48.5 Å². The molecule has 0 aromatic heterocycles. The second-order valence-electron chi connectivity index (χ2n) is 5.80. The van der Waals surface area contributed by atoms with Crippen molar-refractivity contribution in [3.05, 3.63) is 71.3 Å². The number of halogens is 5. The van der Waals surface area contributed by atoms with Crippen LogP contribution >= 0.6 is 0 Å². The molecular weight excluding hydrogens is 363 g/mol. The Morgan fingerprint density at radius 1 is 0.963 bits per heavy atom. The highest BCUT2D eigenvalue weighted by atomic mass is 19.4. The molecule has 0 aliphatic carbocycles. The maximum Gasteiger partial charge on any atom is 0.581 e. The number of alkyl halides is 3. The molecule has 0 N–H and O–H groups in total. The Labute approximate surface area is 152 Å². The Morgan fingerprint density at radius 3 is 2.30 bits per heavy atom. The molecule has 27 heavy (non-hydrogen) atoms. The third kappa shape index (κ3) is 4.20. The van der Waals surface area contributed by atoms with Gasteiger partial charge in [-0.25, -0.2) is 8.78 Å². The first-order chi connectivity index (χ1) is 12.8. The lowest BCUT2D eigenvalue weighted by atomic mass is 9.97. The predicted octanol–water partition coefficient (Wildman–Crippen LogP) is 6.19. The topological polar surface area (TPSA) is 9.23 Å². The average Bonchev–Trinajstić information content (AvgIpc) is 2.60. The van der Waals surface area contributed by atoms with Crippen LogP contribution < -0.4 is 0 Å². The molecule has 0 fully saturated rings. The monoisotopic (exact) mass is 376 g/mol. The largest absolute Gasteiger partial charge is 0.581 e. The molecule has 6 heteroatoms. The predicted molar refractivity (Wildman–Crippen MR) is 92.7 cm³/mol. The summed E-state index contributed by atoms with van der Waals surface area (Å²) in [6.45, 7) is 1.80. The zero-order valence-corrected chi connectivity index (χ0v) is 14.1. The van der Waals surface area contributed by atoms with Gasteiger partial charge in [0.05, 0.1) is 5.56 Å². The third-order valence-corrected chi connectivity index (χ3v) is 4.03. The van der Waals surface area contributed by atoms with Crippen LogP contribution in [0.5, 0.6) is 0 Å². The van der Waals surface area contributed by atoms with Gasteiger partial charge in [-0.1, -0.05) is 31.2 Å². The minimum Gasteiger partial charge on any atom is -0.352 e. The average molecular weight is 376 g/mol. The van der Waals surface area contributed by atoms with E-state index in [9.17, 15) is 22.0 Å². The van der Waals surface area contributed by atoms with Crippen LogP contribution in [0, 0.1) is 23.7 Å². The van der Waals surface area contributed by atoms with Crippen molar-refractivity contribution in [1.82, 2.24) is 0 Å². The summed E-state index contributed by atoms with van der Waals surface area (Å²) in [7, 11) is 0. The SMILES string of the molecule is CCc1cc(F)c(-c2ccc3c(C#COC(F)(F)F)cccc3c2)c(F)c1. The highest BCUT2D eigenvalue weighted by Crippen LogP contribution is 2.31. The molecule has 0 bridgehead atoms. The first-order valence-electron chi connectivity index (χ1n) is 8.05. The maximum absolute atomic E-state index is 14.4. The molecule has 0 radical (unpaired) electrons. The van der Waals surface area contributed by atoms with Crippen molar-refractivity contribution in [2.24, 2.45) is 0 Å². The lowest BCUT2D eigenvalue weighted by Crippen LogP contribution is -2.08. The van der Waals surface area contributed by atoms with Gasteiger partial charge in [0.25, 0.3) is 0 Å². The van der Waals surface area contributed by atoms with Gasteiger partial charge >= 0.3 is 6.36 Å². The highest BCUT2D eigenvalue weighted by molar-refractivity contribution is 5.91. The van der Waals surface area contributed by atoms with Gasteiger partial charge in [-0.15, -0.1) is 13.2 Å². The first-order valence-corrected chi connectivity index (χ1v) is 8.05. The third-order valence-electron chi connectivity index (χ3n) is 4.03. The van der Waals surface area contributed by atoms with Crippen molar-refractivity contribution < 1.29 is 26.7 Å². The van der Waals surface area contributed by atoms with Crippen LogP contribution in [0.4, 0.5) is 22.0 Å². The fourth-order valence-corrected chi connectivity index (χ4v) is 2.79. The van der Waals surface area contributed by atoms with Gasteiger partial charge in [0, 0.05) is 5.56 Å². The van der Waals surface area contributed by atoms with Crippen LogP contribution in [0.3, 0.4) is 0 Å². The van der Waals surface area contributed by atoms with Crippen molar-refractivity contribution in [3.8, 4) is 23.2 Å². The van der Waals surface area contributed by atoms with Gasteiger partial charge in [0.2, 0.25) is 0 Å². The number of rotatable bonds is 2. The van der Waals surface area contributed by atoms with Crippen LogP contribution in [-0.4, -0.2) is 6.36 Å². The van der Waals surface area contributed by atoms with E-state index in [4.69, 9.17) is 0 Å². The number of hydrogen-bond acceptors (Lipinski definition) is 1. The Balaban J connectivity index is 2.05. The minimum atomic E-state index is -4.84. The van der Waals surface area contributed by atoms with E-state index in [0.717, 1.165) is 0 Å². The van der Waals surface area contributed by atoms with E-state index in [1.165, 1.54) is 24.3 Å². The molecule has 0 aliphatic rings. The summed E-state index contributed by atoms with van der Waals surface area (Å²) >= 11 is 0. The smallest absolute Gasteiger partial charge is 0.352 e. The molecule has 3 aromatic rings. The zero-order valence-electron chi connectivity index (χ0n) is 14.1. The van der Waals surface area contributed by atoms with E-state index >= 15 is 0 Å². The molecule has 0 saturated carbocycles. The van der Waals surface area contributed by atoms with E-state index < -0.39 is 18.0 Å². The molecule has 0 amide bonds. The van der Waals surface area contributed by atoms with Gasteiger partial charge in [-0.2, -0.15) is 0 Å². The van der Waals surface area contributed by atoms with Crippen molar-refractivity contribution in [2.45, 2.75) is 19.7 Å². The number of benzene rings is 3. The molecule has 0 unspecified atom stereocenters. The van der Waals surface area contributed by atoms with Crippen molar-refractivity contribution in [3.63, 3.8) is 0 Å². The normalized spacial score (nSPS) is 11.2. The molecule has 3 rings (SSSR count). The number of ether oxygens (including phenoxy) is 1. The summed E-state index contributed by atoms with van der Waals surface area (Å²) in [5, 5.41) is 1.13. The molecule has 1 nitrogen and oxygen atoms in total. The van der Waals surface area contributed by atoms with E-state index in [1.54, 1.807) is 37.3 Å². The fourth-order valence-electron chi connectivity index (χ4n) is 2.79. The van der Waals surface area contributed by atoms with E-state index in [0.29, 0.717) is 33.9 Å². The summed E-state index contributed by atoms with van der Waals surface area (Å²) in [6.07, 6.45) is -2.72. The van der Waals surface area contributed by atoms with Crippen molar-refractivity contribution >= 4 is 10.8 Å². The van der Waals surface area contributed by atoms with Crippen molar-refractivity contribution in [1.29, 1.82) is 0 Å². The summed E-state index contributed by atoms with van der Waals surface area (Å²) in [6, 6.07) is 12.0. The molecule has 0 aliphatic heterocycles. The van der Waals surface area contributed by atoms with Gasteiger partial charge in [0.1, 0.15) is 17.7 Å². The number of aryl methyl sites for hydroxylation is 1. The lowest BCUT2D eigenvalue weighted by Gasteiger charge is -2.09. The van der Waals surface area contributed by atoms with Gasteiger partial charge in [-0.05, 0) is 58.5 Å². The van der Waals surface area contributed by atoms with Crippen molar-refractivity contribution in [2.75, 3.05) is 0 Å². The first kappa shape index (κ1) is 18.7. The quantitative estimate of drug-likeness (QED) is 0.383. The van der Waals surface area contributed by atoms with Crippen LogP contribution in [-0.2, 0) is 11.2 Å². The summed E-state index contributed by atoms with van der Waals surface area (Å²) in [5.74, 6) is 0.969. The van der Waals surface area contributed by atoms with Crippen LogP contribution in [0.2, 0.25) is 0 Å². The molecule has 0 saturated heterocycles.